The number of fused-ring (bicyclic) bond motifs is 1. The lowest BCUT2D eigenvalue weighted by Crippen LogP contribution is -2.23. The maximum Gasteiger partial charge on any atom is 0.340 e. The monoisotopic (exact) mass is 439 g/mol. The van der Waals surface area contributed by atoms with Gasteiger partial charge in [0.1, 0.15) is 6.61 Å². The number of benzene rings is 1. The summed E-state index contributed by atoms with van der Waals surface area (Å²) < 4.78 is 10.3. The number of carbonyl (C=O) groups is 3. The molecule has 31 heavy (non-hydrogen) atoms. The molecule has 0 bridgehead atoms. The van der Waals surface area contributed by atoms with Crippen LogP contribution < -0.4 is 4.90 Å². The number of para-hydroxylation sites is 1. The molecule has 160 valence electrons. The Hall–Kier alpha value is -3.33. The van der Waals surface area contributed by atoms with Crippen molar-refractivity contribution in [1.29, 1.82) is 0 Å². The van der Waals surface area contributed by atoms with Crippen LogP contribution >= 0.6 is 11.3 Å². The van der Waals surface area contributed by atoms with Crippen molar-refractivity contribution in [3.8, 4) is 0 Å². The molecule has 1 aliphatic heterocycles. The van der Waals surface area contributed by atoms with Crippen LogP contribution in [0.5, 0.6) is 0 Å². The van der Waals surface area contributed by atoms with E-state index in [0.29, 0.717) is 40.6 Å². The first-order valence-corrected chi connectivity index (χ1v) is 10.7. The third-order valence-electron chi connectivity index (χ3n) is 5.16. The molecule has 0 atom stereocenters. The van der Waals surface area contributed by atoms with Crippen molar-refractivity contribution in [2.24, 2.45) is 0 Å². The van der Waals surface area contributed by atoms with Crippen molar-refractivity contribution < 1.29 is 23.9 Å². The van der Waals surface area contributed by atoms with Crippen LogP contribution in [0.2, 0.25) is 0 Å². The van der Waals surface area contributed by atoms with Gasteiger partial charge in [0.25, 0.3) is 0 Å². The van der Waals surface area contributed by atoms with E-state index in [0.717, 1.165) is 17.4 Å². The highest BCUT2D eigenvalue weighted by atomic mass is 32.1. The van der Waals surface area contributed by atoms with E-state index < -0.39 is 11.9 Å². The predicted octanol–water partition coefficient (Wildman–Crippen LogP) is 3.20. The van der Waals surface area contributed by atoms with E-state index in [9.17, 15) is 14.4 Å². The van der Waals surface area contributed by atoms with Gasteiger partial charge < -0.3 is 9.47 Å². The fourth-order valence-electron chi connectivity index (χ4n) is 3.62. The van der Waals surface area contributed by atoms with Gasteiger partial charge in [-0.2, -0.15) is 0 Å². The number of thiazole rings is 1. The molecule has 1 amide bonds. The quantitative estimate of drug-likeness (QED) is 0.544. The van der Waals surface area contributed by atoms with Crippen LogP contribution in [-0.2, 0) is 32.1 Å². The summed E-state index contributed by atoms with van der Waals surface area (Å²) in [6.07, 6.45) is 1.31. The van der Waals surface area contributed by atoms with Gasteiger partial charge in [0, 0.05) is 23.7 Å². The zero-order valence-electron chi connectivity index (χ0n) is 17.2. The molecule has 8 nitrogen and oxygen atoms in total. The number of hydrogen-bond acceptors (Lipinski definition) is 8. The second-order valence-electron chi connectivity index (χ2n) is 7.18. The smallest absolute Gasteiger partial charge is 0.340 e. The highest BCUT2D eigenvalue weighted by Gasteiger charge is 2.25. The lowest BCUT2D eigenvalue weighted by atomic mass is 10.0. The fraction of sp³-hybridized carbons (Fsp3) is 0.318. The summed E-state index contributed by atoms with van der Waals surface area (Å²) in [5.41, 5.74) is 2.62. The zero-order chi connectivity index (χ0) is 22.0. The number of nitrogens with zero attached hydrogens (tertiary/aromatic N) is 3. The van der Waals surface area contributed by atoms with Gasteiger partial charge in [-0.05, 0) is 25.0 Å². The first-order chi connectivity index (χ1) is 15.0. The Morgan fingerprint density at radius 3 is 2.77 bits per heavy atom. The molecule has 3 heterocycles. The summed E-state index contributed by atoms with van der Waals surface area (Å²) in [5, 5.41) is 3.19. The average Bonchev–Trinajstić information content (AvgIpc) is 3.40. The van der Waals surface area contributed by atoms with Crippen molar-refractivity contribution in [3.05, 3.63) is 52.2 Å². The predicted molar refractivity (Wildman–Crippen MR) is 115 cm³/mol. The van der Waals surface area contributed by atoms with Gasteiger partial charge >= 0.3 is 11.9 Å². The number of amides is 1. The Morgan fingerprint density at radius 2 is 2.03 bits per heavy atom. The molecule has 0 spiro atoms. The van der Waals surface area contributed by atoms with Crippen LogP contribution in [0.1, 0.15) is 40.2 Å². The number of hydrogen-bond donors (Lipinski definition) is 0. The molecular formula is C22H21N3O5S. The molecule has 3 aromatic rings. The van der Waals surface area contributed by atoms with Crippen molar-refractivity contribution in [3.63, 3.8) is 0 Å². The van der Waals surface area contributed by atoms with Crippen LogP contribution in [0.25, 0.3) is 10.9 Å². The molecule has 1 aliphatic rings. The Kier molecular flexibility index (Phi) is 5.94. The third-order valence-corrected chi connectivity index (χ3v) is 6.07. The van der Waals surface area contributed by atoms with Crippen molar-refractivity contribution in [1.82, 2.24) is 9.97 Å². The lowest BCUT2D eigenvalue weighted by molar-refractivity contribution is -0.144. The number of methoxy groups -OCH3 is 1. The number of rotatable bonds is 6. The molecule has 4 rings (SSSR count). The number of aryl methyl sites for hydroxylation is 1. The topological polar surface area (TPSA) is 98.7 Å². The maximum atomic E-state index is 12.4. The van der Waals surface area contributed by atoms with E-state index in [4.69, 9.17) is 9.47 Å². The summed E-state index contributed by atoms with van der Waals surface area (Å²) in [7, 11) is 1.30. The van der Waals surface area contributed by atoms with Gasteiger partial charge in [0.15, 0.2) is 5.13 Å². The summed E-state index contributed by atoms with van der Waals surface area (Å²) in [4.78, 5) is 47.1. The first kappa shape index (κ1) is 20.9. The Bertz CT molecular complexity index is 1170. The number of ether oxygens (including phenoxy) is 2. The van der Waals surface area contributed by atoms with Crippen LogP contribution in [0, 0.1) is 6.92 Å². The molecule has 1 saturated heterocycles. The molecule has 1 aromatic carbocycles. The molecular weight excluding hydrogens is 418 g/mol. The van der Waals surface area contributed by atoms with E-state index in [-0.39, 0.29) is 18.9 Å². The van der Waals surface area contributed by atoms with Crippen LogP contribution in [0.3, 0.4) is 0 Å². The van der Waals surface area contributed by atoms with Gasteiger partial charge in [0.05, 0.1) is 36.0 Å². The molecule has 0 unspecified atom stereocenters. The van der Waals surface area contributed by atoms with Gasteiger partial charge in [0.2, 0.25) is 5.91 Å². The third kappa shape index (κ3) is 4.27. The average molecular weight is 439 g/mol. The zero-order valence-corrected chi connectivity index (χ0v) is 18.0. The fourth-order valence-corrected chi connectivity index (χ4v) is 4.49. The molecule has 0 N–H and O–H groups in total. The second kappa shape index (κ2) is 8.81. The Morgan fingerprint density at radius 1 is 1.23 bits per heavy atom. The maximum absolute atomic E-state index is 12.4. The highest BCUT2D eigenvalue weighted by Crippen LogP contribution is 2.26. The largest absolute Gasteiger partial charge is 0.465 e. The van der Waals surface area contributed by atoms with Gasteiger partial charge in [-0.15, -0.1) is 11.3 Å². The molecule has 0 saturated carbocycles. The number of pyridine rings is 1. The normalized spacial score (nSPS) is 13.6. The van der Waals surface area contributed by atoms with E-state index in [1.165, 1.54) is 18.4 Å². The Balaban J connectivity index is 1.48. The summed E-state index contributed by atoms with van der Waals surface area (Å²) in [6, 6.07) is 7.44. The number of anilines is 1. The van der Waals surface area contributed by atoms with Crippen molar-refractivity contribution in [2.45, 2.75) is 32.8 Å². The molecule has 9 heteroatoms. The van der Waals surface area contributed by atoms with Crippen molar-refractivity contribution >= 4 is 45.2 Å². The van der Waals surface area contributed by atoms with Crippen LogP contribution in [-0.4, -0.2) is 41.5 Å². The van der Waals surface area contributed by atoms with Gasteiger partial charge in [-0.25, -0.2) is 14.8 Å². The Labute approximate surface area is 182 Å². The van der Waals surface area contributed by atoms with Crippen LogP contribution in [0.4, 0.5) is 5.13 Å². The minimum absolute atomic E-state index is 0.0291. The van der Waals surface area contributed by atoms with E-state index in [1.54, 1.807) is 10.3 Å². The molecule has 1 fully saturated rings. The number of carbonyl (C=O) groups excluding carboxylic acids is 3. The highest BCUT2D eigenvalue weighted by molar-refractivity contribution is 7.14. The summed E-state index contributed by atoms with van der Waals surface area (Å²) >= 11 is 1.33. The van der Waals surface area contributed by atoms with E-state index >= 15 is 0 Å². The van der Waals surface area contributed by atoms with Gasteiger partial charge in [-0.1, -0.05) is 18.2 Å². The summed E-state index contributed by atoms with van der Waals surface area (Å²) in [5.74, 6) is -0.967. The molecule has 0 aliphatic carbocycles. The van der Waals surface area contributed by atoms with Crippen LogP contribution in [0.15, 0.2) is 29.6 Å². The standard InChI is InChI=1S/C22H21N3O5S/c1-13-15-6-3-4-7-16(15)24-17(20(13)21(28)29-2)11-30-19(27)10-14-12-31-22(23-14)25-9-5-8-18(25)26/h3-4,6-7,12H,5,8-11H2,1-2H3. The summed E-state index contributed by atoms with van der Waals surface area (Å²) in [6.45, 7) is 2.31. The van der Waals surface area contributed by atoms with Crippen molar-refractivity contribution in [2.75, 3.05) is 18.6 Å². The minimum atomic E-state index is -0.527. The first-order valence-electron chi connectivity index (χ1n) is 9.85. The van der Waals surface area contributed by atoms with E-state index in [2.05, 4.69) is 9.97 Å². The van der Waals surface area contributed by atoms with Gasteiger partial charge in [-0.3, -0.25) is 14.5 Å². The molecule has 0 radical (unpaired) electrons. The number of esters is 2. The SMILES string of the molecule is COC(=O)c1c(COC(=O)Cc2csc(N3CCCC3=O)n2)nc2ccccc2c1C. The lowest BCUT2D eigenvalue weighted by Gasteiger charge is -2.13. The number of aromatic nitrogens is 2. The second-order valence-corrected chi connectivity index (χ2v) is 8.01. The molecule has 2 aromatic heterocycles. The van der Waals surface area contributed by atoms with E-state index in [1.807, 2.05) is 31.2 Å². The minimum Gasteiger partial charge on any atom is -0.465 e.